The molecule has 0 unspecified atom stereocenters. The first-order valence-corrected chi connectivity index (χ1v) is 8.71. The van der Waals surface area contributed by atoms with Crippen LogP contribution in [0.2, 0.25) is 5.02 Å². The number of anilines is 1. The Labute approximate surface area is 147 Å². The molecule has 3 aliphatic rings. The zero-order valence-electron chi connectivity index (χ0n) is 13.2. The zero-order chi connectivity index (χ0) is 16.5. The van der Waals surface area contributed by atoms with Gasteiger partial charge in [-0.25, -0.2) is 4.98 Å². The van der Waals surface area contributed by atoms with E-state index in [4.69, 9.17) is 16.1 Å². The molecule has 2 aliphatic heterocycles. The van der Waals surface area contributed by atoms with Crippen molar-refractivity contribution in [2.45, 2.75) is 18.8 Å². The lowest BCUT2D eigenvalue weighted by atomic mass is 10.1. The van der Waals surface area contributed by atoms with Crippen LogP contribution in [0.3, 0.4) is 0 Å². The minimum Gasteiger partial charge on any atom is -0.339 e. The van der Waals surface area contributed by atoms with E-state index >= 15 is 0 Å². The molecular weight excluding hydrogens is 340 g/mol. The number of halogens is 1. The number of imidazole rings is 1. The quantitative estimate of drug-likeness (QED) is 0.708. The molecule has 1 aliphatic carbocycles. The van der Waals surface area contributed by atoms with E-state index in [1.165, 1.54) is 0 Å². The van der Waals surface area contributed by atoms with Gasteiger partial charge in [-0.3, -0.25) is 9.56 Å². The molecule has 8 heteroatoms. The van der Waals surface area contributed by atoms with Crippen molar-refractivity contribution in [2.75, 3.05) is 18.0 Å². The number of aromatic nitrogens is 4. The van der Waals surface area contributed by atoms with Crippen molar-refractivity contribution >= 4 is 23.3 Å². The second-order valence-corrected chi connectivity index (χ2v) is 6.92. The maximum Gasteiger partial charge on any atom is 0.230 e. The molecule has 124 valence electrons. The summed E-state index contributed by atoms with van der Waals surface area (Å²) in [6.07, 6.45) is 4.04. The molecule has 6 rings (SSSR count). The van der Waals surface area contributed by atoms with Gasteiger partial charge in [-0.05, 0) is 25.0 Å². The molecule has 1 aromatic carbocycles. The number of nitrogens with zero attached hydrogens (tertiary/aromatic N) is 6. The zero-order valence-corrected chi connectivity index (χ0v) is 13.9. The lowest BCUT2D eigenvalue weighted by molar-refractivity contribution is 0.380. The lowest BCUT2D eigenvalue weighted by Crippen LogP contribution is -2.35. The fourth-order valence-corrected chi connectivity index (χ4v) is 3.82. The minimum absolute atomic E-state index is 0.420. The van der Waals surface area contributed by atoms with Crippen LogP contribution in [0.4, 0.5) is 5.82 Å². The van der Waals surface area contributed by atoms with Crippen molar-refractivity contribution in [2.24, 2.45) is 4.99 Å². The number of benzene rings is 1. The Hall–Kier alpha value is -2.67. The van der Waals surface area contributed by atoms with E-state index in [9.17, 15) is 0 Å². The van der Waals surface area contributed by atoms with Crippen LogP contribution in [0.1, 0.15) is 30.2 Å². The highest BCUT2D eigenvalue weighted by atomic mass is 35.5. The van der Waals surface area contributed by atoms with Gasteiger partial charge in [0.2, 0.25) is 11.7 Å². The fourth-order valence-electron chi connectivity index (χ4n) is 3.56. The first kappa shape index (κ1) is 13.6. The van der Waals surface area contributed by atoms with Crippen LogP contribution in [0.15, 0.2) is 34.0 Å². The number of aliphatic imine (C=N–C) groups is 1. The molecule has 4 heterocycles. The van der Waals surface area contributed by atoms with Gasteiger partial charge in [-0.1, -0.05) is 22.8 Å². The summed E-state index contributed by atoms with van der Waals surface area (Å²) < 4.78 is 7.46. The Morgan fingerprint density at radius 1 is 1.24 bits per heavy atom. The van der Waals surface area contributed by atoms with E-state index in [1.807, 2.05) is 22.8 Å². The van der Waals surface area contributed by atoms with E-state index in [1.54, 1.807) is 6.33 Å². The van der Waals surface area contributed by atoms with Gasteiger partial charge in [0.1, 0.15) is 12.2 Å². The molecule has 0 saturated heterocycles. The average molecular weight is 353 g/mol. The summed E-state index contributed by atoms with van der Waals surface area (Å²) in [5.41, 5.74) is 2.64. The molecule has 7 nitrogen and oxygen atoms in total. The Balaban J connectivity index is 1.58. The van der Waals surface area contributed by atoms with Crippen LogP contribution in [-0.4, -0.2) is 38.6 Å². The van der Waals surface area contributed by atoms with Crippen LogP contribution >= 0.6 is 11.6 Å². The summed E-state index contributed by atoms with van der Waals surface area (Å²) in [6, 6.07) is 5.86. The maximum absolute atomic E-state index is 6.46. The molecule has 3 aromatic rings. The molecule has 25 heavy (non-hydrogen) atoms. The Morgan fingerprint density at radius 2 is 2.16 bits per heavy atom. The fraction of sp³-hybridized carbons (Fsp3) is 0.294. The number of hydrogen-bond acceptors (Lipinski definition) is 6. The molecule has 2 aromatic heterocycles. The van der Waals surface area contributed by atoms with Crippen molar-refractivity contribution in [1.82, 2.24) is 19.7 Å². The van der Waals surface area contributed by atoms with Gasteiger partial charge >= 0.3 is 0 Å². The van der Waals surface area contributed by atoms with Crippen LogP contribution in [0, 0.1) is 0 Å². The molecule has 0 bridgehead atoms. The standard InChI is InChI=1S/C17H13ClN6O/c18-10-2-1-3-11-12(10)15-19-6-7-23(15)17-13(20-8-24(11)17)14-21-16(25-22-14)9-4-5-9/h1-3,8-9H,4-7H2. The normalized spacial score (nSPS) is 18.0. The van der Waals surface area contributed by atoms with Gasteiger partial charge in [0.05, 0.1) is 22.8 Å². The number of fused-ring (bicyclic) bond motifs is 6. The van der Waals surface area contributed by atoms with Crippen LogP contribution in [0.25, 0.3) is 17.2 Å². The van der Waals surface area contributed by atoms with Gasteiger partial charge in [-0.15, -0.1) is 0 Å². The van der Waals surface area contributed by atoms with Crippen LogP contribution < -0.4 is 4.90 Å². The Morgan fingerprint density at radius 3 is 3.04 bits per heavy atom. The van der Waals surface area contributed by atoms with Gasteiger partial charge < -0.3 is 9.42 Å². The third kappa shape index (κ3) is 1.81. The van der Waals surface area contributed by atoms with E-state index in [2.05, 4.69) is 25.0 Å². The monoisotopic (exact) mass is 352 g/mol. The lowest BCUT2D eigenvalue weighted by Gasteiger charge is -2.29. The van der Waals surface area contributed by atoms with Crippen molar-refractivity contribution < 1.29 is 4.52 Å². The van der Waals surface area contributed by atoms with E-state index in [0.717, 1.165) is 54.5 Å². The summed E-state index contributed by atoms with van der Waals surface area (Å²) >= 11 is 6.46. The minimum atomic E-state index is 0.420. The summed E-state index contributed by atoms with van der Waals surface area (Å²) in [7, 11) is 0. The predicted molar refractivity (Wildman–Crippen MR) is 92.6 cm³/mol. The Bertz CT molecular complexity index is 1050. The summed E-state index contributed by atoms with van der Waals surface area (Å²) in [4.78, 5) is 16.0. The van der Waals surface area contributed by atoms with Gasteiger partial charge in [0.15, 0.2) is 11.5 Å². The van der Waals surface area contributed by atoms with Crippen molar-refractivity contribution in [1.29, 1.82) is 0 Å². The average Bonchev–Trinajstić information content (AvgIpc) is 3.03. The van der Waals surface area contributed by atoms with Crippen molar-refractivity contribution in [3.63, 3.8) is 0 Å². The van der Waals surface area contributed by atoms with Crippen molar-refractivity contribution in [3.8, 4) is 17.2 Å². The third-order valence-electron chi connectivity index (χ3n) is 4.89. The predicted octanol–water partition coefficient (Wildman–Crippen LogP) is 3.03. The smallest absolute Gasteiger partial charge is 0.230 e. The highest BCUT2D eigenvalue weighted by molar-refractivity contribution is 6.36. The van der Waals surface area contributed by atoms with Crippen molar-refractivity contribution in [3.05, 3.63) is 41.0 Å². The molecule has 0 atom stereocenters. The summed E-state index contributed by atoms with van der Waals surface area (Å²) in [6.45, 7) is 1.51. The molecule has 1 saturated carbocycles. The van der Waals surface area contributed by atoms with E-state index in [-0.39, 0.29) is 0 Å². The number of rotatable bonds is 2. The van der Waals surface area contributed by atoms with Gasteiger partial charge in [0.25, 0.3) is 0 Å². The second-order valence-electron chi connectivity index (χ2n) is 6.51. The Kier molecular flexibility index (Phi) is 2.55. The topological polar surface area (TPSA) is 72.3 Å². The number of amidine groups is 1. The van der Waals surface area contributed by atoms with E-state index in [0.29, 0.717) is 22.7 Å². The largest absolute Gasteiger partial charge is 0.339 e. The number of hydrogen-bond donors (Lipinski definition) is 0. The molecule has 1 fully saturated rings. The first-order chi connectivity index (χ1) is 12.3. The molecule has 0 amide bonds. The van der Waals surface area contributed by atoms with Crippen LogP contribution in [0.5, 0.6) is 0 Å². The molecule has 0 N–H and O–H groups in total. The third-order valence-corrected chi connectivity index (χ3v) is 5.21. The maximum atomic E-state index is 6.46. The van der Waals surface area contributed by atoms with Gasteiger partial charge in [0, 0.05) is 12.5 Å². The summed E-state index contributed by atoms with van der Waals surface area (Å²) in [5, 5.41) is 4.86. The SMILES string of the molecule is Clc1cccc2c1C1=NCCN1c1c(-c3noc(C4CC4)n3)ncn1-2. The molecule has 0 spiro atoms. The van der Waals surface area contributed by atoms with E-state index < -0.39 is 0 Å². The molecule has 0 radical (unpaired) electrons. The highest BCUT2D eigenvalue weighted by Gasteiger charge is 2.37. The molecular formula is C17H13ClN6O. The second kappa shape index (κ2) is 4.70. The first-order valence-electron chi connectivity index (χ1n) is 8.34. The van der Waals surface area contributed by atoms with Crippen LogP contribution in [-0.2, 0) is 0 Å². The summed E-state index contributed by atoms with van der Waals surface area (Å²) in [5.74, 6) is 3.48. The van der Waals surface area contributed by atoms with Gasteiger partial charge in [-0.2, -0.15) is 4.98 Å². The highest BCUT2D eigenvalue weighted by Crippen LogP contribution is 2.42.